The summed E-state index contributed by atoms with van der Waals surface area (Å²) < 4.78 is 5.51. The first-order chi connectivity index (χ1) is 9.24. The van der Waals surface area contributed by atoms with Gasteiger partial charge in [-0.3, -0.25) is 4.99 Å². The van der Waals surface area contributed by atoms with Gasteiger partial charge in [0.2, 0.25) is 0 Å². The number of hydrogen-bond acceptors (Lipinski definition) is 2. The molecule has 0 radical (unpaired) electrons. The number of benzene rings is 1. The summed E-state index contributed by atoms with van der Waals surface area (Å²) in [6.07, 6.45) is 4.35. The molecule has 1 aromatic rings. The summed E-state index contributed by atoms with van der Waals surface area (Å²) in [6.45, 7) is 1.47. The van der Waals surface area contributed by atoms with E-state index in [9.17, 15) is 0 Å². The van der Waals surface area contributed by atoms with Crippen LogP contribution < -0.4 is 11.1 Å². The highest BCUT2D eigenvalue weighted by Crippen LogP contribution is 2.35. The van der Waals surface area contributed by atoms with Crippen LogP contribution in [-0.2, 0) is 11.2 Å². The van der Waals surface area contributed by atoms with Crippen molar-refractivity contribution in [2.24, 2.45) is 10.7 Å². The maximum absolute atomic E-state index is 5.86. The van der Waals surface area contributed by atoms with E-state index in [1.54, 1.807) is 7.11 Å². The zero-order valence-corrected chi connectivity index (χ0v) is 14.3. The van der Waals surface area contributed by atoms with E-state index in [-0.39, 0.29) is 29.6 Å². The van der Waals surface area contributed by atoms with Gasteiger partial charge in [-0.05, 0) is 31.2 Å². The number of halogens is 1. The zero-order valence-electron chi connectivity index (χ0n) is 12.0. The van der Waals surface area contributed by atoms with Crippen LogP contribution in [-0.4, -0.2) is 31.8 Å². The number of nitrogens with zero attached hydrogens (tertiary/aromatic N) is 1. The average Bonchev–Trinajstić information content (AvgIpc) is 2.39. The second-order valence-electron chi connectivity index (χ2n) is 5.10. The van der Waals surface area contributed by atoms with E-state index in [4.69, 9.17) is 10.5 Å². The van der Waals surface area contributed by atoms with Gasteiger partial charge in [0.15, 0.2) is 5.96 Å². The summed E-state index contributed by atoms with van der Waals surface area (Å²) in [5, 5.41) is 3.15. The van der Waals surface area contributed by atoms with Crippen molar-refractivity contribution >= 4 is 29.9 Å². The highest BCUT2D eigenvalue weighted by Gasteiger charge is 2.36. The molecule has 112 valence electrons. The Labute approximate surface area is 138 Å². The number of guanidine groups is 1. The Morgan fingerprint density at radius 3 is 2.60 bits per heavy atom. The average molecular weight is 389 g/mol. The van der Waals surface area contributed by atoms with Crippen molar-refractivity contribution in [2.45, 2.75) is 31.3 Å². The fourth-order valence-electron chi connectivity index (χ4n) is 2.26. The van der Waals surface area contributed by atoms with Crippen LogP contribution in [0.4, 0.5) is 0 Å². The monoisotopic (exact) mass is 389 g/mol. The number of aliphatic imine (C=N–C) groups is 1. The maximum atomic E-state index is 5.86. The van der Waals surface area contributed by atoms with E-state index in [1.807, 2.05) is 18.2 Å². The second-order valence-corrected chi connectivity index (χ2v) is 5.10. The highest BCUT2D eigenvalue weighted by atomic mass is 127. The number of nitrogens with one attached hydrogen (secondary N) is 1. The molecule has 0 spiro atoms. The van der Waals surface area contributed by atoms with Crippen LogP contribution in [0.5, 0.6) is 0 Å². The molecule has 5 heteroatoms. The molecule has 1 fully saturated rings. The molecule has 0 heterocycles. The molecule has 1 aromatic carbocycles. The zero-order chi connectivity index (χ0) is 13.6. The van der Waals surface area contributed by atoms with Crippen molar-refractivity contribution in [1.82, 2.24) is 5.32 Å². The third-order valence-electron chi connectivity index (χ3n) is 3.80. The lowest BCUT2D eigenvalue weighted by molar-refractivity contribution is -0.0630. The van der Waals surface area contributed by atoms with E-state index in [2.05, 4.69) is 22.4 Å². The van der Waals surface area contributed by atoms with Gasteiger partial charge in [-0.25, -0.2) is 0 Å². The Hall–Kier alpha value is -0.820. The lowest BCUT2D eigenvalue weighted by Crippen LogP contribution is -2.43. The van der Waals surface area contributed by atoms with Gasteiger partial charge in [0.25, 0.3) is 0 Å². The Balaban J connectivity index is 0.00000200. The van der Waals surface area contributed by atoms with Crippen LogP contribution >= 0.6 is 24.0 Å². The van der Waals surface area contributed by atoms with Crippen molar-refractivity contribution in [3.8, 4) is 0 Å². The van der Waals surface area contributed by atoms with Gasteiger partial charge in [-0.2, -0.15) is 0 Å². The first-order valence-corrected chi connectivity index (χ1v) is 6.87. The van der Waals surface area contributed by atoms with E-state index in [0.717, 1.165) is 25.8 Å². The molecule has 0 atom stereocenters. The van der Waals surface area contributed by atoms with Gasteiger partial charge >= 0.3 is 0 Å². The van der Waals surface area contributed by atoms with Crippen molar-refractivity contribution in [3.63, 3.8) is 0 Å². The SMILES string of the molecule is COC1(CN=C(N)NCCc2ccccc2)CCC1.I. The molecule has 4 nitrogen and oxygen atoms in total. The van der Waals surface area contributed by atoms with Crippen LogP contribution in [0.15, 0.2) is 35.3 Å². The summed E-state index contributed by atoms with van der Waals surface area (Å²) >= 11 is 0. The first kappa shape index (κ1) is 17.2. The largest absolute Gasteiger partial charge is 0.376 e. The Kier molecular flexibility index (Phi) is 7.29. The summed E-state index contributed by atoms with van der Waals surface area (Å²) in [5.41, 5.74) is 7.11. The first-order valence-electron chi connectivity index (χ1n) is 6.87. The maximum Gasteiger partial charge on any atom is 0.188 e. The quantitative estimate of drug-likeness (QED) is 0.446. The van der Waals surface area contributed by atoms with Crippen LogP contribution in [0.3, 0.4) is 0 Å². The van der Waals surface area contributed by atoms with Crippen molar-refractivity contribution in [2.75, 3.05) is 20.2 Å². The topological polar surface area (TPSA) is 59.6 Å². The Morgan fingerprint density at radius 1 is 1.35 bits per heavy atom. The van der Waals surface area contributed by atoms with Gasteiger partial charge in [-0.15, -0.1) is 24.0 Å². The fourth-order valence-corrected chi connectivity index (χ4v) is 2.26. The molecular formula is C15H24IN3O. The Morgan fingerprint density at radius 2 is 2.05 bits per heavy atom. The molecule has 0 saturated heterocycles. The minimum atomic E-state index is -0.0499. The minimum absolute atomic E-state index is 0. The molecular weight excluding hydrogens is 365 g/mol. The summed E-state index contributed by atoms with van der Waals surface area (Å²) in [4.78, 5) is 4.38. The molecule has 20 heavy (non-hydrogen) atoms. The minimum Gasteiger partial charge on any atom is -0.376 e. The van der Waals surface area contributed by atoms with Crippen molar-refractivity contribution < 1.29 is 4.74 Å². The standard InChI is InChI=1S/C15H23N3O.HI/c1-19-15(9-5-10-15)12-18-14(16)17-11-8-13-6-3-2-4-7-13;/h2-4,6-7H,5,8-12H2,1H3,(H3,16,17,18);1H. The molecule has 1 aliphatic rings. The highest BCUT2D eigenvalue weighted by molar-refractivity contribution is 14.0. The van der Waals surface area contributed by atoms with E-state index in [1.165, 1.54) is 12.0 Å². The molecule has 3 N–H and O–H groups in total. The molecule has 0 bridgehead atoms. The van der Waals surface area contributed by atoms with Gasteiger partial charge in [0.05, 0.1) is 12.1 Å². The predicted octanol–water partition coefficient (Wildman–Crippen LogP) is 2.32. The summed E-state index contributed by atoms with van der Waals surface area (Å²) in [5.74, 6) is 0.513. The number of hydrogen-bond donors (Lipinski definition) is 2. The molecule has 0 unspecified atom stereocenters. The van der Waals surface area contributed by atoms with Gasteiger partial charge in [0, 0.05) is 13.7 Å². The van der Waals surface area contributed by atoms with Crippen LogP contribution in [0.25, 0.3) is 0 Å². The smallest absolute Gasteiger partial charge is 0.188 e. The van der Waals surface area contributed by atoms with Gasteiger partial charge < -0.3 is 15.8 Å². The van der Waals surface area contributed by atoms with E-state index in [0.29, 0.717) is 12.5 Å². The third-order valence-corrected chi connectivity index (χ3v) is 3.80. The molecule has 1 aliphatic carbocycles. The lowest BCUT2D eigenvalue weighted by Gasteiger charge is -2.39. The third kappa shape index (κ3) is 4.94. The number of nitrogens with two attached hydrogens (primary N) is 1. The van der Waals surface area contributed by atoms with Crippen molar-refractivity contribution in [1.29, 1.82) is 0 Å². The van der Waals surface area contributed by atoms with Crippen LogP contribution in [0.2, 0.25) is 0 Å². The van der Waals surface area contributed by atoms with Gasteiger partial charge in [0.1, 0.15) is 0 Å². The van der Waals surface area contributed by atoms with Crippen LogP contribution in [0, 0.1) is 0 Å². The van der Waals surface area contributed by atoms with Crippen LogP contribution in [0.1, 0.15) is 24.8 Å². The molecule has 2 rings (SSSR count). The normalized spacial score (nSPS) is 16.9. The predicted molar refractivity (Wildman–Crippen MR) is 93.6 cm³/mol. The van der Waals surface area contributed by atoms with Crippen molar-refractivity contribution in [3.05, 3.63) is 35.9 Å². The summed E-state index contributed by atoms with van der Waals surface area (Å²) in [7, 11) is 1.76. The summed E-state index contributed by atoms with van der Waals surface area (Å²) in [6, 6.07) is 10.3. The molecule has 0 aliphatic heterocycles. The molecule has 0 amide bonds. The second kappa shape index (κ2) is 8.46. The number of methoxy groups -OCH3 is 1. The molecule has 0 aromatic heterocycles. The van der Waals surface area contributed by atoms with E-state index >= 15 is 0 Å². The van der Waals surface area contributed by atoms with Gasteiger partial charge in [-0.1, -0.05) is 30.3 Å². The lowest BCUT2D eigenvalue weighted by atomic mass is 9.80. The number of ether oxygens (including phenoxy) is 1. The molecule has 1 saturated carbocycles. The number of rotatable bonds is 6. The Bertz CT molecular complexity index is 413. The van der Waals surface area contributed by atoms with E-state index < -0.39 is 0 Å². The fraction of sp³-hybridized carbons (Fsp3) is 0.533.